The van der Waals surface area contributed by atoms with Crippen molar-refractivity contribution in [3.8, 4) is 0 Å². The smallest absolute Gasteiger partial charge is 0.322 e. The average Bonchev–Trinajstić information content (AvgIpc) is 2.63. The number of carbonyl (C=O) groups is 2. The molecule has 0 aromatic carbocycles. The van der Waals surface area contributed by atoms with Crippen LogP contribution in [0.15, 0.2) is 0 Å². The van der Waals surface area contributed by atoms with Crippen molar-refractivity contribution < 1.29 is 19.8 Å². The fourth-order valence-electron chi connectivity index (χ4n) is 0.942. The number of nitrogens with zero attached hydrogens (tertiary/aromatic N) is 1. The Balaban J connectivity index is 2.43. The summed E-state index contributed by atoms with van der Waals surface area (Å²) in [5, 5.41) is 16.9. The molecule has 1 fully saturated rings. The first kappa shape index (κ1) is 8.00. The lowest BCUT2D eigenvalue weighted by molar-refractivity contribution is -0.141. The largest absolute Gasteiger partial charge is 0.480 e. The zero-order valence-corrected chi connectivity index (χ0v) is 6.02. The Morgan fingerprint density at radius 2 is 2.09 bits per heavy atom. The van der Waals surface area contributed by atoms with E-state index < -0.39 is 24.0 Å². The summed E-state index contributed by atoms with van der Waals surface area (Å²) in [4.78, 5) is 22.0. The molecule has 5 heteroatoms. The Morgan fingerprint density at radius 3 is 2.36 bits per heavy atom. The summed E-state index contributed by atoms with van der Waals surface area (Å²) in [5.41, 5.74) is 0. The van der Waals surface area contributed by atoms with Crippen molar-refractivity contribution in [2.45, 2.75) is 19.0 Å². The van der Waals surface area contributed by atoms with Gasteiger partial charge in [-0.15, -0.1) is 0 Å². The van der Waals surface area contributed by atoms with Crippen LogP contribution in [0.4, 0.5) is 0 Å². The van der Waals surface area contributed by atoms with Crippen LogP contribution in [0.2, 0.25) is 0 Å². The van der Waals surface area contributed by atoms with Gasteiger partial charge in [-0.25, -0.2) is 0 Å². The number of hydrogen-bond donors (Lipinski definition) is 2. The first-order chi connectivity index (χ1) is 5.04. The predicted molar refractivity (Wildman–Crippen MR) is 35.2 cm³/mol. The standard InChI is InChI=1S/C6H9NO4/c1-3(5(8)9)7-2-4(7)6(10)11/h3-4H,2H2,1H3,(H,8,9)(H,10,11)/t3-,4?,7?/m0/s1. The molecule has 62 valence electrons. The number of aliphatic carboxylic acids is 2. The van der Waals surface area contributed by atoms with Gasteiger partial charge in [0.1, 0.15) is 12.1 Å². The van der Waals surface area contributed by atoms with E-state index in [2.05, 4.69) is 0 Å². The second-order valence-electron chi connectivity index (χ2n) is 2.57. The van der Waals surface area contributed by atoms with E-state index in [-0.39, 0.29) is 0 Å². The normalized spacial score (nSPS) is 31.0. The fraction of sp³-hybridized carbons (Fsp3) is 0.667. The lowest BCUT2D eigenvalue weighted by Crippen LogP contribution is -2.28. The molecule has 0 spiro atoms. The van der Waals surface area contributed by atoms with Crippen LogP contribution < -0.4 is 0 Å². The zero-order valence-electron chi connectivity index (χ0n) is 6.02. The lowest BCUT2D eigenvalue weighted by Gasteiger charge is -2.05. The van der Waals surface area contributed by atoms with Crippen molar-refractivity contribution in [3.05, 3.63) is 0 Å². The molecule has 1 heterocycles. The SMILES string of the molecule is C[C@@H](C(=O)O)N1CC1C(=O)O. The Kier molecular flexibility index (Phi) is 1.82. The van der Waals surface area contributed by atoms with Gasteiger partial charge in [0.15, 0.2) is 0 Å². The van der Waals surface area contributed by atoms with Gasteiger partial charge in [-0.1, -0.05) is 0 Å². The summed E-state index contributed by atoms with van der Waals surface area (Å²) in [6.45, 7) is 1.83. The van der Waals surface area contributed by atoms with Crippen LogP contribution in [0.3, 0.4) is 0 Å². The Labute approximate surface area is 63.2 Å². The molecule has 0 radical (unpaired) electrons. The van der Waals surface area contributed by atoms with Crippen molar-refractivity contribution in [2.24, 2.45) is 0 Å². The van der Waals surface area contributed by atoms with Gasteiger partial charge >= 0.3 is 11.9 Å². The topological polar surface area (TPSA) is 77.6 Å². The van der Waals surface area contributed by atoms with Gasteiger partial charge in [-0.2, -0.15) is 0 Å². The third-order valence-electron chi connectivity index (χ3n) is 1.79. The van der Waals surface area contributed by atoms with Crippen LogP contribution in [0.1, 0.15) is 6.92 Å². The van der Waals surface area contributed by atoms with Gasteiger partial charge in [0.25, 0.3) is 0 Å². The molecule has 0 amide bonds. The van der Waals surface area contributed by atoms with E-state index in [0.717, 1.165) is 0 Å². The molecule has 2 unspecified atom stereocenters. The van der Waals surface area contributed by atoms with E-state index in [1.165, 1.54) is 11.8 Å². The van der Waals surface area contributed by atoms with E-state index in [4.69, 9.17) is 10.2 Å². The summed E-state index contributed by atoms with van der Waals surface area (Å²) in [6, 6.07) is -1.27. The van der Waals surface area contributed by atoms with Gasteiger partial charge in [0, 0.05) is 6.54 Å². The minimum atomic E-state index is -0.978. The summed E-state index contributed by atoms with van der Waals surface area (Å²) in [7, 11) is 0. The van der Waals surface area contributed by atoms with Gasteiger partial charge in [0.2, 0.25) is 0 Å². The van der Waals surface area contributed by atoms with E-state index in [1.807, 2.05) is 0 Å². The molecule has 11 heavy (non-hydrogen) atoms. The Hall–Kier alpha value is -1.10. The molecule has 2 N–H and O–H groups in total. The molecular formula is C6H9NO4. The summed E-state index contributed by atoms with van der Waals surface area (Å²) < 4.78 is 0. The first-order valence-electron chi connectivity index (χ1n) is 3.25. The molecule has 1 aliphatic rings. The monoisotopic (exact) mass is 159 g/mol. The fourth-order valence-corrected chi connectivity index (χ4v) is 0.942. The first-order valence-corrected chi connectivity index (χ1v) is 3.25. The average molecular weight is 159 g/mol. The molecule has 1 rings (SSSR count). The van der Waals surface area contributed by atoms with Gasteiger partial charge in [0.05, 0.1) is 0 Å². The van der Waals surface area contributed by atoms with Crippen molar-refractivity contribution in [3.63, 3.8) is 0 Å². The number of hydrogen-bond acceptors (Lipinski definition) is 3. The van der Waals surface area contributed by atoms with Crippen LogP contribution >= 0.6 is 0 Å². The number of carboxylic acid groups (broad SMARTS) is 2. The molecule has 0 saturated carbocycles. The van der Waals surface area contributed by atoms with Crippen molar-refractivity contribution in [1.29, 1.82) is 0 Å². The van der Waals surface area contributed by atoms with E-state index >= 15 is 0 Å². The molecular weight excluding hydrogens is 150 g/mol. The predicted octanol–water partition coefficient (Wildman–Crippen LogP) is -0.772. The highest BCUT2D eigenvalue weighted by atomic mass is 16.4. The van der Waals surface area contributed by atoms with E-state index in [1.54, 1.807) is 0 Å². The van der Waals surface area contributed by atoms with Crippen LogP contribution in [-0.2, 0) is 9.59 Å². The maximum atomic E-state index is 10.3. The van der Waals surface area contributed by atoms with Crippen LogP contribution in [0.5, 0.6) is 0 Å². The number of carboxylic acids is 2. The minimum Gasteiger partial charge on any atom is -0.480 e. The highest BCUT2D eigenvalue weighted by molar-refractivity contribution is 5.80. The molecule has 0 aromatic heterocycles. The second kappa shape index (κ2) is 2.50. The minimum absolute atomic E-state index is 0.350. The van der Waals surface area contributed by atoms with Gasteiger partial charge < -0.3 is 10.2 Å². The lowest BCUT2D eigenvalue weighted by atomic mass is 10.3. The van der Waals surface area contributed by atoms with E-state index in [9.17, 15) is 9.59 Å². The molecule has 0 bridgehead atoms. The maximum Gasteiger partial charge on any atom is 0.322 e. The second-order valence-corrected chi connectivity index (χ2v) is 2.57. The quantitative estimate of drug-likeness (QED) is 0.528. The molecule has 0 aromatic rings. The van der Waals surface area contributed by atoms with Gasteiger partial charge in [-0.3, -0.25) is 14.5 Å². The molecule has 3 atom stereocenters. The molecule has 1 saturated heterocycles. The molecule has 1 aliphatic heterocycles. The summed E-state index contributed by atoms with van der Waals surface area (Å²) >= 11 is 0. The third kappa shape index (κ3) is 1.48. The highest BCUT2D eigenvalue weighted by Gasteiger charge is 2.45. The van der Waals surface area contributed by atoms with E-state index in [0.29, 0.717) is 6.54 Å². The van der Waals surface area contributed by atoms with Crippen molar-refractivity contribution in [2.75, 3.05) is 6.54 Å². The van der Waals surface area contributed by atoms with Crippen LogP contribution in [-0.4, -0.2) is 45.7 Å². The zero-order chi connectivity index (χ0) is 8.59. The summed E-state index contributed by atoms with van der Waals surface area (Å²) in [5.74, 6) is -1.92. The van der Waals surface area contributed by atoms with Gasteiger partial charge in [-0.05, 0) is 6.92 Å². The Morgan fingerprint density at radius 1 is 1.55 bits per heavy atom. The summed E-state index contributed by atoms with van der Waals surface area (Å²) in [6.07, 6.45) is 0. The highest BCUT2D eigenvalue weighted by Crippen LogP contribution is 2.20. The molecule has 5 nitrogen and oxygen atoms in total. The maximum absolute atomic E-state index is 10.3. The van der Waals surface area contributed by atoms with Crippen LogP contribution in [0, 0.1) is 0 Å². The van der Waals surface area contributed by atoms with Crippen LogP contribution in [0.25, 0.3) is 0 Å². The number of rotatable bonds is 3. The Bertz CT molecular complexity index is 203. The van der Waals surface area contributed by atoms with Crippen molar-refractivity contribution in [1.82, 2.24) is 4.90 Å². The third-order valence-corrected chi connectivity index (χ3v) is 1.79. The molecule has 0 aliphatic carbocycles. The van der Waals surface area contributed by atoms with Crippen molar-refractivity contribution >= 4 is 11.9 Å².